The Morgan fingerprint density at radius 1 is 1.08 bits per heavy atom. The van der Waals surface area contributed by atoms with Crippen molar-refractivity contribution in [1.29, 1.82) is 0 Å². The van der Waals surface area contributed by atoms with Crippen molar-refractivity contribution in [2.75, 3.05) is 20.8 Å². The first-order valence-corrected chi connectivity index (χ1v) is 9.75. The van der Waals surface area contributed by atoms with Gasteiger partial charge in [-0.25, -0.2) is 13.1 Å². The molecule has 2 aromatic rings. The monoisotopic (exact) mass is 380 g/mol. The van der Waals surface area contributed by atoms with Gasteiger partial charge in [0.2, 0.25) is 10.0 Å². The van der Waals surface area contributed by atoms with Crippen molar-refractivity contribution in [2.45, 2.75) is 31.2 Å². The largest absolute Gasteiger partial charge is 0.497 e. The first-order valence-electron chi connectivity index (χ1n) is 8.27. The molecule has 8 heteroatoms. The number of rotatable bonds is 9. The summed E-state index contributed by atoms with van der Waals surface area (Å²) >= 11 is 0. The molecular weight excluding hydrogens is 356 g/mol. The maximum atomic E-state index is 12.5. The van der Waals surface area contributed by atoms with Gasteiger partial charge in [0, 0.05) is 30.9 Å². The molecule has 0 aliphatic heterocycles. The number of sulfonamides is 1. The molecule has 2 rings (SSSR count). The molecular formula is C18H24N2O5S. The fourth-order valence-corrected chi connectivity index (χ4v) is 3.84. The molecule has 1 aromatic carbocycles. The van der Waals surface area contributed by atoms with E-state index >= 15 is 0 Å². The summed E-state index contributed by atoms with van der Waals surface area (Å²) in [6.07, 6.45) is 1.29. The number of ether oxygens (including phenoxy) is 2. The summed E-state index contributed by atoms with van der Waals surface area (Å²) < 4.78 is 39.5. The molecule has 0 fully saturated rings. The average Bonchev–Trinajstić information content (AvgIpc) is 2.63. The lowest BCUT2D eigenvalue weighted by Crippen LogP contribution is -2.26. The third-order valence-corrected chi connectivity index (χ3v) is 5.51. The van der Waals surface area contributed by atoms with E-state index < -0.39 is 10.0 Å². The molecule has 26 heavy (non-hydrogen) atoms. The Balaban J connectivity index is 1.96. The van der Waals surface area contributed by atoms with Gasteiger partial charge in [0.15, 0.2) is 0 Å². The number of methoxy groups -OCH3 is 2. The summed E-state index contributed by atoms with van der Waals surface area (Å²) in [6, 6.07) is 9.73. The molecule has 0 amide bonds. The van der Waals surface area contributed by atoms with E-state index in [1.807, 2.05) is 13.0 Å². The summed E-state index contributed by atoms with van der Waals surface area (Å²) in [6.45, 7) is 2.69. The van der Waals surface area contributed by atoms with Crippen LogP contribution in [0.2, 0.25) is 0 Å². The van der Waals surface area contributed by atoms with Gasteiger partial charge in [-0.3, -0.25) is 4.79 Å². The molecule has 7 nitrogen and oxygen atoms in total. The third kappa shape index (κ3) is 4.86. The van der Waals surface area contributed by atoms with Gasteiger partial charge in [-0.2, -0.15) is 0 Å². The van der Waals surface area contributed by atoms with E-state index in [2.05, 4.69) is 4.72 Å². The standard InChI is InChI=1S/C18H24N2O5S/c1-14-7-6-8-18(21)20(14)12-5-4-11-19-26(22,23)17-13-15(24-2)9-10-16(17)25-3/h6-10,13,19H,4-5,11-12H2,1-3H3. The minimum atomic E-state index is -3.72. The van der Waals surface area contributed by atoms with Gasteiger partial charge in [0.05, 0.1) is 14.2 Å². The fraction of sp³-hybridized carbons (Fsp3) is 0.389. The lowest BCUT2D eigenvalue weighted by atomic mass is 10.3. The maximum Gasteiger partial charge on any atom is 0.250 e. The first-order chi connectivity index (χ1) is 12.4. The smallest absolute Gasteiger partial charge is 0.250 e. The zero-order valence-corrected chi connectivity index (χ0v) is 16.0. The summed E-state index contributed by atoms with van der Waals surface area (Å²) in [5, 5.41) is 0. The molecule has 1 N–H and O–H groups in total. The van der Waals surface area contributed by atoms with Crippen molar-refractivity contribution in [3.63, 3.8) is 0 Å². The van der Waals surface area contributed by atoms with Crippen LogP contribution in [0.4, 0.5) is 0 Å². The topological polar surface area (TPSA) is 86.6 Å². The van der Waals surface area contributed by atoms with Crippen LogP contribution in [-0.4, -0.2) is 33.7 Å². The lowest BCUT2D eigenvalue weighted by Gasteiger charge is -2.12. The third-order valence-electron chi connectivity index (χ3n) is 4.03. The number of benzene rings is 1. The minimum Gasteiger partial charge on any atom is -0.497 e. The SMILES string of the molecule is COc1ccc(OC)c(S(=O)(=O)NCCCCn2c(C)cccc2=O)c1. The van der Waals surface area contributed by atoms with Crippen molar-refractivity contribution < 1.29 is 17.9 Å². The molecule has 142 valence electrons. The van der Waals surface area contributed by atoms with Crippen molar-refractivity contribution in [3.8, 4) is 11.5 Å². The normalized spacial score (nSPS) is 11.3. The van der Waals surface area contributed by atoms with Crippen LogP contribution in [0, 0.1) is 6.92 Å². The number of hydrogen-bond acceptors (Lipinski definition) is 5. The highest BCUT2D eigenvalue weighted by Gasteiger charge is 2.20. The number of nitrogens with one attached hydrogen (secondary N) is 1. The molecule has 1 heterocycles. The van der Waals surface area contributed by atoms with E-state index in [0.717, 1.165) is 5.69 Å². The number of aromatic nitrogens is 1. The number of unbranched alkanes of at least 4 members (excludes halogenated alkanes) is 1. The Labute approximate surface area is 153 Å². The van der Waals surface area contributed by atoms with E-state index in [0.29, 0.717) is 25.1 Å². The maximum absolute atomic E-state index is 12.5. The van der Waals surface area contributed by atoms with Gasteiger partial charge in [0.25, 0.3) is 5.56 Å². The predicted octanol–water partition coefficient (Wildman–Crippen LogP) is 1.93. The molecule has 0 saturated carbocycles. The van der Waals surface area contributed by atoms with E-state index in [1.54, 1.807) is 22.8 Å². The van der Waals surface area contributed by atoms with Crippen LogP contribution in [0.3, 0.4) is 0 Å². The molecule has 0 atom stereocenters. The Morgan fingerprint density at radius 2 is 1.85 bits per heavy atom. The van der Waals surface area contributed by atoms with Crippen LogP contribution in [0.15, 0.2) is 46.1 Å². The Morgan fingerprint density at radius 3 is 2.50 bits per heavy atom. The summed E-state index contributed by atoms with van der Waals surface area (Å²) in [5.74, 6) is 0.690. The van der Waals surface area contributed by atoms with Crippen LogP contribution in [-0.2, 0) is 16.6 Å². The highest BCUT2D eigenvalue weighted by atomic mass is 32.2. The van der Waals surface area contributed by atoms with Crippen molar-refractivity contribution in [3.05, 3.63) is 52.4 Å². The molecule has 0 spiro atoms. The second kappa shape index (κ2) is 8.86. The number of hydrogen-bond donors (Lipinski definition) is 1. The van der Waals surface area contributed by atoms with Crippen molar-refractivity contribution in [2.24, 2.45) is 0 Å². The van der Waals surface area contributed by atoms with Gasteiger partial charge in [-0.05, 0) is 38.0 Å². The molecule has 0 aliphatic carbocycles. The van der Waals surface area contributed by atoms with E-state index in [1.165, 1.54) is 26.4 Å². The highest BCUT2D eigenvalue weighted by molar-refractivity contribution is 7.89. The van der Waals surface area contributed by atoms with Gasteiger partial charge in [-0.15, -0.1) is 0 Å². The van der Waals surface area contributed by atoms with Gasteiger partial charge in [-0.1, -0.05) is 6.07 Å². The second-order valence-corrected chi connectivity index (χ2v) is 7.51. The van der Waals surface area contributed by atoms with E-state index in [9.17, 15) is 13.2 Å². The van der Waals surface area contributed by atoms with E-state index in [4.69, 9.17) is 9.47 Å². The van der Waals surface area contributed by atoms with Gasteiger partial charge in [0.1, 0.15) is 16.4 Å². The second-order valence-electron chi connectivity index (χ2n) is 5.78. The Hall–Kier alpha value is -2.32. The summed E-state index contributed by atoms with van der Waals surface area (Å²) in [7, 11) is -0.832. The zero-order chi connectivity index (χ0) is 19.2. The Kier molecular flexibility index (Phi) is 6.82. The molecule has 0 bridgehead atoms. The minimum absolute atomic E-state index is 0.0365. The fourth-order valence-electron chi connectivity index (χ4n) is 2.58. The molecule has 0 radical (unpaired) electrons. The van der Waals surface area contributed by atoms with Crippen LogP contribution in [0.5, 0.6) is 11.5 Å². The van der Waals surface area contributed by atoms with Crippen LogP contribution >= 0.6 is 0 Å². The van der Waals surface area contributed by atoms with Crippen molar-refractivity contribution in [1.82, 2.24) is 9.29 Å². The summed E-state index contributed by atoms with van der Waals surface area (Å²) in [5.41, 5.74) is 0.839. The van der Waals surface area contributed by atoms with Crippen molar-refractivity contribution >= 4 is 10.0 Å². The zero-order valence-electron chi connectivity index (χ0n) is 15.2. The molecule has 0 saturated heterocycles. The highest BCUT2D eigenvalue weighted by Crippen LogP contribution is 2.27. The number of aryl methyl sites for hydroxylation is 1. The molecule has 0 unspecified atom stereocenters. The van der Waals surface area contributed by atoms with Crippen LogP contribution in [0.1, 0.15) is 18.5 Å². The lowest BCUT2D eigenvalue weighted by molar-refractivity contribution is 0.392. The van der Waals surface area contributed by atoms with Crippen LogP contribution in [0.25, 0.3) is 0 Å². The van der Waals surface area contributed by atoms with E-state index in [-0.39, 0.29) is 22.7 Å². The average molecular weight is 380 g/mol. The first kappa shape index (κ1) is 20.0. The molecule has 0 aliphatic rings. The predicted molar refractivity (Wildman–Crippen MR) is 99.4 cm³/mol. The number of nitrogens with zero attached hydrogens (tertiary/aromatic N) is 1. The number of pyridine rings is 1. The molecule has 1 aromatic heterocycles. The summed E-state index contributed by atoms with van der Waals surface area (Å²) in [4.78, 5) is 11.8. The van der Waals surface area contributed by atoms with Gasteiger partial charge >= 0.3 is 0 Å². The van der Waals surface area contributed by atoms with Crippen LogP contribution < -0.4 is 19.8 Å². The Bertz CT molecular complexity index is 906. The quantitative estimate of drug-likeness (QED) is 0.672. The van der Waals surface area contributed by atoms with Gasteiger partial charge < -0.3 is 14.0 Å².